The lowest BCUT2D eigenvalue weighted by molar-refractivity contribution is 0.270. The number of hydrogen-bond donors (Lipinski definition) is 0. The van der Waals surface area contributed by atoms with Gasteiger partial charge in [0.2, 0.25) is 0 Å². The molecule has 3 nitrogen and oxygen atoms in total. The van der Waals surface area contributed by atoms with E-state index in [1.54, 1.807) is 6.07 Å². The van der Waals surface area contributed by atoms with Crippen LogP contribution in [0, 0.1) is 11.6 Å². The molecule has 0 N–H and O–H groups in total. The molecule has 0 atom stereocenters. The van der Waals surface area contributed by atoms with E-state index < -0.39 is 11.6 Å². The first-order chi connectivity index (χ1) is 9.06. The molecule has 2 aromatic rings. The first kappa shape index (κ1) is 12.7. The van der Waals surface area contributed by atoms with Crippen LogP contribution in [0.15, 0.2) is 22.8 Å². The van der Waals surface area contributed by atoms with Gasteiger partial charge in [-0.25, -0.2) is 13.8 Å². The van der Waals surface area contributed by atoms with Gasteiger partial charge in [0.1, 0.15) is 10.4 Å². The summed E-state index contributed by atoms with van der Waals surface area (Å²) in [5.74, 6) is -1.01. The number of benzene rings is 1. The zero-order valence-electron chi connectivity index (χ0n) is 10.3. The van der Waals surface area contributed by atoms with Crippen LogP contribution < -0.4 is 0 Å². The van der Waals surface area contributed by atoms with E-state index in [1.807, 2.05) is 7.05 Å². The van der Waals surface area contributed by atoms with E-state index in [4.69, 9.17) is 0 Å². The molecule has 0 spiro atoms. The van der Waals surface area contributed by atoms with Crippen molar-refractivity contribution >= 4 is 15.9 Å². The Balaban J connectivity index is 2.11. The lowest BCUT2D eigenvalue weighted by atomic mass is 10.2. The normalized spacial score (nSPS) is 15.6. The van der Waals surface area contributed by atoms with Gasteiger partial charge >= 0.3 is 0 Å². The SMILES string of the molecule is CN1CCn2c(-c3ccc(F)c(F)c3)nc(Br)c2C1. The third kappa shape index (κ3) is 2.19. The monoisotopic (exact) mass is 327 g/mol. The second kappa shape index (κ2) is 4.68. The zero-order chi connectivity index (χ0) is 13.6. The zero-order valence-corrected chi connectivity index (χ0v) is 11.9. The summed E-state index contributed by atoms with van der Waals surface area (Å²) in [5, 5.41) is 0. The Labute approximate surface area is 118 Å². The van der Waals surface area contributed by atoms with Crippen molar-refractivity contribution in [2.75, 3.05) is 13.6 Å². The van der Waals surface area contributed by atoms with Crippen LogP contribution in [0.5, 0.6) is 0 Å². The Hall–Kier alpha value is -1.27. The van der Waals surface area contributed by atoms with Crippen molar-refractivity contribution in [1.29, 1.82) is 0 Å². The minimum absolute atomic E-state index is 0.593. The average molecular weight is 328 g/mol. The van der Waals surface area contributed by atoms with Crippen LogP contribution in [-0.4, -0.2) is 28.0 Å². The molecule has 0 saturated heterocycles. The number of aromatic nitrogens is 2. The second-order valence-electron chi connectivity index (χ2n) is 4.69. The highest BCUT2D eigenvalue weighted by atomic mass is 79.9. The predicted octanol–water partition coefficient (Wildman–Crippen LogP) is 3.04. The van der Waals surface area contributed by atoms with Crippen molar-refractivity contribution in [1.82, 2.24) is 14.5 Å². The first-order valence-electron chi connectivity index (χ1n) is 5.95. The number of hydrogen-bond acceptors (Lipinski definition) is 2. The highest BCUT2D eigenvalue weighted by Crippen LogP contribution is 2.29. The number of imidazole rings is 1. The number of likely N-dealkylation sites (N-methyl/N-ethyl adjacent to an activating group) is 1. The summed E-state index contributed by atoms with van der Waals surface area (Å²) in [6.45, 7) is 2.49. The topological polar surface area (TPSA) is 21.1 Å². The van der Waals surface area contributed by atoms with Gasteiger partial charge < -0.3 is 4.57 Å². The van der Waals surface area contributed by atoms with Crippen molar-refractivity contribution < 1.29 is 8.78 Å². The van der Waals surface area contributed by atoms with E-state index in [-0.39, 0.29) is 0 Å². The van der Waals surface area contributed by atoms with Crippen LogP contribution >= 0.6 is 15.9 Å². The molecule has 3 rings (SSSR count). The number of nitrogens with zero attached hydrogens (tertiary/aromatic N) is 3. The molecule has 0 amide bonds. The maximum Gasteiger partial charge on any atom is 0.159 e. The molecule has 100 valence electrons. The summed E-state index contributed by atoms with van der Waals surface area (Å²) in [4.78, 5) is 6.62. The van der Waals surface area contributed by atoms with Crippen molar-refractivity contribution in [3.63, 3.8) is 0 Å². The van der Waals surface area contributed by atoms with E-state index in [0.717, 1.165) is 36.0 Å². The van der Waals surface area contributed by atoms with E-state index in [1.165, 1.54) is 6.07 Å². The van der Waals surface area contributed by atoms with Gasteiger partial charge in [-0.1, -0.05) is 0 Å². The minimum atomic E-state index is -0.848. The predicted molar refractivity (Wildman–Crippen MR) is 71.6 cm³/mol. The van der Waals surface area contributed by atoms with E-state index >= 15 is 0 Å². The second-order valence-corrected chi connectivity index (χ2v) is 5.44. The highest BCUT2D eigenvalue weighted by molar-refractivity contribution is 9.10. The molecule has 0 saturated carbocycles. The molecule has 0 bridgehead atoms. The van der Waals surface area contributed by atoms with Gasteiger partial charge in [0.15, 0.2) is 11.6 Å². The maximum atomic E-state index is 13.3. The van der Waals surface area contributed by atoms with Gasteiger partial charge in [0.25, 0.3) is 0 Å². The van der Waals surface area contributed by atoms with Gasteiger partial charge in [0, 0.05) is 25.2 Å². The fourth-order valence-electron chi connectivity index (χ4n) is 2.31. The van der Waals surface area contributed by atoms with Crippen LogP contribution in [0.3, 0.4) is 0 Å². The van der Waals surface area contributed by atoms with Crippen molar-refractivity contribution in [3.05, 3.63) is 40.1 Å². The fraction of sp³-hybridized carbons (Fsp3) is 0.308. The molecule has 0 radical (unpaired) electrons. The summed E-state index contributed by atoms with van der Waals surface area (Å²) in [6.07, 6.45) is 0. The Morgan fingerprint density at radius 1 is 1.21 bits per heavy atom. The highest BCUT2D eigenvalue weighted by Gasteiger charge is 2.22. The van der Waals surface area contributed by atoms with Gasteiger partial charge in [-0.05, 0) is 41.2 Å². The first-order valence-corrected chi connectivity index (χ1v) is 6.74. The van der Waals surface area contributed by atoms with Crippen molar-refractivity contribution in [2.24, 2.45) is 0 Å². The summed E-state index contributed by atoms with van der Waals surface area (Å²) in [7, 11) is 2.04. The van der Waals surface area contributed by atoms with E-state index in [0.29, 0.717) is 11.4 Å². The fourth-order valence-corrected chi connectivity index (χ4v) is 2.82. The molecular weight excluding hydrogens is 316 g/mol. The summed E-state index contributed by atoms with van der Waals surface area (Å²) in [5.41, 5.74) is 1.66. The molecule has 1 aliphatic heterocycles. The number of fused-ring (bicyclic) bond motifs is 1. The minimum Gasteiger partial charge on any atom is -0.325 e. The third-order valence-corrected chi connectivity index (χ3v) is 3.96. The molecule has 1 aromatic heterocycles. The van der Waals surface area contributed by atoms with Crippen LogP contribution in [0.2, 0.25) is 0 Å². The Morgan fingerprint density at radius 2 is 2.00 bits per heavy atom. The standard InChI is InChI=1S/C13H12BrF2N3/c1-18-4-5-19-11(7-18)12(14)17-13(19)8-2-3-9(15)10(16)6-8/h2-3,6H,4-5,7H2,1H3. The lowest BCUT2D eigenvalue weighted by Gasteiger charge is -2.25. The van der Waals surface area contributed by atoms with Gasteiger partial charge in [-0.3, -0.25) is 4.90 Å². The molecule has 1 aromatic carbocycles. The van der Waals surface area contributed by atoms with Crippen LogP contribution in [0.4, 0.5) is 8.78 Å². The van der Waals surface area contributed by atoms with Gasteiger partial charge in [-0.15, -0.1) is 0 Å². The lowest BCUT2D eigenvalue weighted by Crippen LogP contribution is -2.30. The van der Waals surface area contributed by atoms with Crippen LogP contribution in [0.25, 0.3) is 11.4 Å². The molecule has 19 heavy (non-hydrogen) atoms. The Bertz CT molecular complexity index is 639. The summed E-state index contributed by atoms with van der Waals surface area (Å²) < 4.78 is 29.1. The van der Waals surface area contributed by atoms with Crippen molar-refractivity contribution in [2.45, 2.75) is 13.1 Å². The molecule has 0 aliphatic carbocycles. The molecular formula is C13H12BrF2N3. The largest absolute Gasteiger partial charge is 0.325 e. The van der Waals surface area contributed by atoms with E-state index in [2.05, 4.69) is 30.4 Å². The molecule has 0 unspecified atom stereocenters. The Morgan fingerprint density at radius 3 is 2.74 bits per heavy atom. The van der Waals surface area contributed by atoms with Gasteiger partial charge in [0.05, 0.1) is 5.69 Å². The summed E-state index contributed by atoms with van der Waals surface area (Å²) >= 11 is 3.43. The number of rotatable bonds is 1. The van der Waals surface area contributed by atoms with Crippen LogP contribution in [-0.2, 0) is 13.1 Å². The Kier molecular flexibility index (Phi) is 3.14. The van der Waals surface area contributed by atoms with E-state index in [9.17, 15) is 8.78 Å². The molecule has 1 aliphatic rings. The average Bonchev–Trinajstić information content (AvgIpc) is 2.70. The van der Waals surface area contributed by atoms with Crippen molar-refractivity contribution in [3.8, 4) is 11.4 Å². The van der Waals surface area contributed by atoms with Crippen LogP contribution in [0.1, 0.15) is 5.69 Å². The molecule has 0 fully saturated rings. The molecule has 2 heterocycles. The number of halogens is 3. The summed E-state index contributed by atoms with van der Waals surface area (Å²) in [6, 6.07) is 3.88. The quantitative estimate of drug-likeness (QED) is 0.802. The smallest absolute Gasteiger partial charge is 0.159 e. The third-order valence-electron chi connectivity index (χ3n) is 3.33. The van der Waals surface area contributed by atoms with Gasteiger partial charge in [-0.2, -0.15) is 0 Å². The maximum absolute atomic E-state index is 13.3. The molecule has 6 heteroatoms.